The zero-order valence-corrected chi connectivity index (χ0v) is 17.4. The molecular weight excluding hydrogens is 448 g/mol. The third kappa shape index (κ3) is 3.94. The second kappa shape index (κ2) is 8.07. The van der Waals surface area contributed by atoms with E-state index in [1.54, 1.807) is 12.6 Å². The number of imidazole rings is 1. The lowest BCUT2D eigenvalue weighted by Crippen LogP contribution is -2.03. The van der Waals surface area contributed by atoms with Gasteiger partial charge in [-0.3, -0.25) is 0 Å². The predicted molar refractivity (Wildman–Crippen MR) is 114 cm³/mol. The minimum absolute atomic E-state index is 0.519. The van der Waals surface area contributed by atoms with E-state index in [-0.39, 0.29) is 0 Å². The first-order valence-electron chi connectivity index (χ1n) is 9.30. The van der Waals surface area contributed by atoms with E-state index in [4.69, 9.17) is 4.42 Å². The van der Waals surface area contributed by atoms with Crippen molar-refractivity contribution in [1.29, 1.82) is 0 Å². The Balaban J connectivity index is 1.31. The molecule has 5 rings (SSSR count). The summed E-state index contributed by atoms with van der Waals surface area (Å²) in [5.41, 5.74) is 3.42. The molecule has 1 aromatic carbocycles. The molecule has 0 amide bonds. The molecule has 0 radical (unpaired) electrons. The largest absolute Gasteiger partial charge is 0.467 e. The fraction of sp³-hybridized carbons (Fsp3) is 0.150. The Hall–Kier alpha value is -3.53. The van der Waals surface area contributed by atoms with E-state index in [0.717, 1.165) is 27.1 Å². The molecule has 0 saturated heterocycles. The van der Waals surface area contributed by atoms with Crippen LogP contribution in [0, 0.1) is 0 Å². The molecule has 0 saturated carbocycles. The number of benzene rings is 1. The van der Waals surface area contributed by atoms with Crippen LogP contribution in [0.15, 0.2) is 70.4 Å². The lowest BCUT2D eigenvalue weighted by Gasteiger charge is -2.04. The van der Waals surface area contributed by atoms with Gasteiger partial charge in [0.1, 0.15) is 23.3 Å². The van der Waals surface area contributed by atoms with Crippen molar-refractivity contribution in [2.45, 2.75) is 19.6 Å². The monoisotopic (exact) mass is 464 g/mol. The van der Waals surface area contributed by atoms with Crippen LogP contribution in [0.4, 0.5) is 5.82 Å². The van der Waals surface area contributed by atoms with Crippen LogP contribution < -0.4 is 5.32 Å². The Morgan fingerprint density at radius 2 is 1.93 bits per heavy atom. The first-order chi connectivity index (χ1) is 14.7. The summed E-state index contributed by atoms with van der Waals surface area (Å²) in [5.74, 6) is 1.48. The maximum atomic E-state index is 5.35. The van der Waals surface area contributed by atoms with Gasteiger partial charge < -0.3 is 14.3 Å². The molecule has 4 heterocycles. The highest BCUT2D eigenvalue weighted by Crippen LogP contribution is 2.19. The van der Waals surface area contributed by atoms with E-state index in [1.807, 2.05) is 39.7 Å². The molecular formula is C20H17BrN8O. The predicted octanol–water partition coefficient (Wildman–Crippen LogP) is 3.48. The maximum absolute atomic E-state index is 5.35. The van der Waals surface area contributed by atoms with Gasteiger partial charge in [-0.25, -0.2) is 19.6 Å². The SMILES string of the molecule is Brc1ccc(Cn2cc(Cn3cnc4c(NCc5ccco5)ncnc43)nn2)cc1. The molecule has 5 aromatic rings. The van der Waals surface area contributed by atoms with Crippen LogP contribution in [0.3, 0.4) is 0 Å². The van der Waals surface area contributed by atoms with Crippen molar-refractivity contribution in [3.8, 4) is 0 Å². The number of nitrogens with zero attached hydrogens (tertiary/aromatic N) is 7. The number of nitrogens with one attached hydrogen (secondary N) is 1. The van der Waals surface area contributed by atoms with Gasteiger partial charge in [0.2, 0.25) is 0 Å². The normalized spacial score (nSPS) is 11.2. The second-order valence-electron chi connectivity index (χ2n) is 6.73. The van der Waals surface area contributed by atoms with Gasteiger partial charge in [0.15, 0.2) is 11.5 Å². The molecule has 10 heteroatoms. The molecule has 9 nitrogen and oxygen atoms in total. The van der Waals surface area contributed by atoms with Crippen molar-refractivity contribution < 1.29 is 4.42 Å². The standard InChI is InChI=1S/C20H17BrN8O/c21-15-5-3-14(4-6-15)9-29-11-16(26-27-29)10-28-13-25-18-19(23-12-24-20(18)28)22-8-17-2-1-7-30-17/h1-7,11-13H,8-10H2,(H,22,23,24). The van der Waals surface area contributed by atoms with E-state index >= 15 is 0 Å². The van der Waals surface area contributed by atoms with E-state index in [1.165, 1.54) is 6.33 Å². The molecule has 4 aromatic heterocycles. The quantitative estimate of drug-likeness (QED) is 0.393. The smallest absolute Gasteiger partial charge is 0.165 e. The number of hydrogen-bond donors (Lipinski definition) is 1. The number of anilines is 1. The zero-order chi connectivity index (χ0) is 20.3. The third-order valence-corrected chi connectivity index (χ3v) is 5.12. The molecule has 0 aliphatic carbocycles. The summed E-state index contributed by atoms with van der Waals surface area (Å²) in [7, 11) is 0. The summed E-state index contributed by atoms with van der Waals surface area (Å²) in [6.07, 6.45) is 6.84. The van der Waals surface area contributed by atoms with E-state index < -0.39 is 0 Å². The van der Waals surface area contributed by atoms with E-state index in [0.29, 0.717) is 31.0 Å². The fourth-order valence-electron chi connectivity index (χ4n) is 3.15. The fourth-order valence-corrected chi connectivity index (χ4v) is 3.41. The lowest BCUT2D eigenvalue weighted by atomic mass is 10.2. The zero-order valence-electron chi connectivity index (χ0n) is 15.8. The highest BCUT2D eigenvalue weighted by Gasteiger charge is 2.12. The summed E-state index contributed by atoms with van der Waals surface area (Å²) in [6, 6.07) is 11.9. The summed E-state index contributed by atoms with van der Waals surface area (Å²) >= 11 is 3.45. The first-order valence-corrected chi connectivity index (χ1v) is 10.1. The second-order valence-corrected chi connectivity index (χ2v) is 7.65. The van der Waals surface area contributed by atoms with Gasteiger partial charge in [0, 0.05) is 4.47 Å². The summed E-state index contributed by atoms with van der Waals surface area (Å²) in [5, 5.41) is 11.8. The Morgan fingerprint density at radius 3 is 2.77 bits per heavy atom. The molecule has 0 atom stereocenters. The number of rotatable bonds is 7. The van der Waals surface area contributed by atoms with Crippen LogP contribution in [0.1, 0.15) is 17.0 Å². The summed E-state index contributed by atoms with van der Waals surface area (Å²) in [6.45, 7) is 1.70. The Kier molecular flexibility index (Phi) is 4.98. The minimum atomic E-state index is 0.519. The number of fused-ring (bicyclic) bond motifs is 1. The van der Waals surface area contributed by atoms with Crippen LogP contribution in [0.2, 0.25) is 0 Å². The molecule has 150 valence electrons. The van der Waals surface area contributed by atoms with Gasteiger partial charge in [-0.1, -0.05) is 33.3 Å². The Labute approximate surface area is 179 Å². The Morgan fingerprint density at radius 1 is 1.03 bits per heavy atom. The van der Waals surface area contributed by atoms with Gasteiger partial charge >= 0.3 is 0 Å². The van der Waals surface area contributed by atoms with Gasteiger partial charge in [0.05, 0.1) is 38.4 Å². The van der Waals surface area contributed by atoms with Gasteiger partial charge in [-0.15, -0.1) is 5.10 Å². The van der Waals surface area contributed by atoms with Crippen LogP contribution >= 0.6 is 15.9 Å². The molecule has 1 N–H and O–H groups in total. The molecule has 0 unspecified atom stereocenters. The lowest BCUT2D eigenvalue weighted by molar-refractivity contribution is 0.518. The van der Waals surface area contributed by atoms with Crippen molar-refractivity contribution in [3.05, 3.63) is 83.0 Å². The Bertz CT molecular complexity index is 1260. The summed E-state index contributed by atoms with van der Waals surface area (Å²) < 4.78 is 10.2. The van der Waals surface area contributed by atoms with Gasteiger partial charge in [-0.05, 0) is 29.8 Å². The molecule has 0 bridgehead atoms. The molecule has 0 spiro atoms. The molecule has 0 aliphatic heterocycles. The van der Waals surface area contributed by atoms with Crippen LogP contribution in [0.5, 0.6) is 0 Å². The summed E-state index contributed by atoms with van der Waals surface area (Å²) in [4.78, 5) is 13.2. The average molecular weight is 465 g/mol. The van der Waals surface area contributed by atoms with Crippen LogP contribution in [-0.2, 0) is 19.6 Å². The highest BCUT2D eigenvalue weighted by atomic mass is 79.9. The number of aromatic nitrogens is 7. The van der Waals surface area contributed by atoms with Crippen molar-refractivity contribution in [2.75, 3.05) is 5.32 Å². The minimum Gasteiger partial charge on any atom is -0.467 e. The number of hydrogen-bond acceptors (Lipinski definition) is 7. The first kappa shape index (κ1) is 18.5. The van der Waals surface area contributed by atoms with Crippen molar-refractivity contribution >= 4 is 32.9 Å². The van der Waals surface area contributed by atoms with Crippen molar-refractivity contribution in [1.82, 2.24) is 34.5 Å². The van der Waals surface area contributed by atoms with Crippen molar-refractivity contribution in [3.63, 3.8) is 0 Å². The van der Waals surface area contributed by atoms with Crippen LogP contribution in [0.25, 0.3) is 11.2 Å². The van der Waals surface area contributed by atoms with Gasteiger partial charge in [-0.2, -0.15) is 0 Å². The van der Waals surface area contributed by atoms with Crippen molar-refractivity contribution in [2.24, 2.45) is 0 Å². The van der Waals surface area contributed by atoms with E-state index in [9.17, 15) is 0 Å². The van der Waals surface area contributed by atoms with Crippen LogP contribution in [-0.4, -0.2) is 34.5 Å². The number of halogens is 1. The molecule has 30 heavy (non-hydrogen) atoms. The average Bonchev–Trinajstić information content (AvgIpc) is 3.51. The van der Waals surface area contributed by atoms with E-state index in [2.05, 4.69) is 58.6 Å². The third-order valence-electron chi connectivity index (χ3n) is 4.59. The number of furan rings is 1. The highest BCUT2D eigenvalue weighted by molar-refractivity contribution is 9.10. The maximum Gasteiger partial charge on any atom is 0.165 e. The topological polar surface area (TPSA) is 99.5 Å². The molecule has 0 fully saturated rings. The van der Waals surface area contributed by atoms with Gasteiger partial charge in [0.25, 0.3) is 0 Å². The molecule has 0 aliphatic rings.